The van der Waals surface area contributed by atoms with Crippen LogP contribution in [0.5, 0.6) is 5.75 Å². The van der Waals surface area contributed by atoms with Crippen LogP contribution in [0.2, 0.25) is 0 Å². The van der Waals surface area contributed by atoms with Crippen molar-refractivity contribution < 1.29 is 9.53 Å². The van der Waals surface area contributed by atoms with E-state index in [9.17, 15) is 4.79 Å². The van der Waals surface area contributed by atoms with E-state index in [4.69, 9.17) is 4.74 Å². The zero-order valence-electron chi connectivity index (χ0n) is 16.5. The first-order valence-corrected chi connectivity index (χ1v) is 10.6. The first-order chi connectivity index (χ1) is 14.2. The van der Waals surface area contributed by atoms with Crippen LogP contribution >= 0.6 is 11.8 Å². The highest BCUT2D eigenvalue weighted by Gasteiger charge is 2.29. The summed E-state index contributed by atoms with van der Waals surface area (Å²) in [5.41, 5.74) is 2.04. The van der Waals surface area contributed by atoms with Crippen LogP contribution in [0.15, 0.2) is 59.8 Å². The average Bonchev–Trinajstić information content (AvgIpc) is 3.54. The predicted molar refractivity (Wildman–Crippen MR) is 113 cm³/mol. The number of carbonyl (C=O) groups excluding carboxylic acids is 1. The van der Waals surface area contributed by atoms with Gasteiger partial charge in [-0.05, 0) is 36.1 Å². The maximum absolute atomic E-state index is 12.7. The third kappa shape index (κ3) is 4.62. The number of hydrogen-bond acceptors (Lipinski definition) is 5. The van der Waals surface area contributed by atoms with Crippen LogP contribution in [0.3, 0.4) is 0 Å². The van der Waals surface area contributed by atoms with Crippen LogP contribution < -0.4 is 10.1 Å². The van der Waals surface area contributed by atoms with E-state index in [2.05, 4.69) is 15.5 Å². The van der Waals surface area contributed by atoms with E-state index in [0.717, 1.165) is 27.9 Å². The molecule has 1 amide bonds. The molecule has 2 aromatic carbocycles. The number of ether oxygens (including phenoxy) is 1. The van der Waals surface area contributed by atoms with Gasteiger partial charge in [0.2, 0.25) is 5.91 Å². The minimum atomic E-state index is -0.225. The SMILES string of the molecule is COc1ccc([C@H](NC(=O)CSc2nnc(C3CC3)n2C)c2ccccc2)cc1. The Balaban J connectivity index is 1.46. The summed E-state index contributed by atoms with van der Waals surface area (Å²) in [4.78, 5) is 12.7. The molecule has 1 aliphatic carbocycles. The van der Waals surface area contributed by atoms with Crippen molar-refractivity contribution in [3.8, 4) is 5.75 Å². The van der Waals surface area contributed by atoms with Crippen molar-refractivity contribution in [1.82, 2.24) is 20.1 Å². The van der Waals surface area contributed by atoms with Gasteiger partial charge >= 0.3 is 0 Å². The van der Waals surface area contributed by atoms with Gasteiger partial charge in [-0.15, -0.1) is 10.2 Å². The minimum Gasteiger partial charge on any atom is -0.497 e. The highest BCUT2D eigenvalue weighted by atomic mass is 32.2. The molecule has 1 heterocycles. The van der Waals surface area contributed by atoms with E-state index >= 15 is 0 Å². The third-order valence-corrected chi connectivity index (χ3v) is 6.05. The molecular weight excluding hydrogens is 384 g/mol. The van der Waals surface area contributed by atoms with E-state index in [1.54, 1.807) is 7.11 Å². The summed E-state index contributed by atoms with van der Waals surface area (Å²) < 4.78 is 7.26. The van der Waals surface area contributed by atoms with Gasteiger partial charge in [-0.3, -0.25) is 4.79 Å². The van der Waals surface area contributed by atoms with E-state index < -0.39 is 0 Å². The highest BCUT2D eigenvalue weighted by Crippen LogP contribution is 2.39. The number of hydrogen-bond donors (Lipinski definition) is 1. The van der Waals surface area contributed by atoms with Gasteiger partial charge in [0.25, 0.3) is 0 Å². The summed E-state index contributed by atoms with van der Waals surface area (Å²) >= 11 is 1.42. The third-order valence-electron chi connectivity index (χ3n) is 5.03. The minimum absolute atomic E-state index is 0.0457. The normalized spacial score (nSPS) is 14.4. The smallest absolute Gasteiger partial charge is 0.231 e. The molecule has 6 nitrogen and oxygen atoms in total. The van der Waals surface area contributed by atoms with Crippen LogP contribution in [0, 0.1) is 0 Å². The maximum Gasteiger partial charge on any atom is 0.231 e. The van der Waals surface area contributed by atoms with Crippen LogP contribution in [0.1, 0.15) is 41.8 Å². The molecule has 0 unspecified atom stereocenters. The van der Waals surface area contributed by atoms with Crippen molar-refractivity contribution >= 4 is 17.7 Å². The van der Waals surface area contributed by atoms with Crippen LogP contribution in [0.4, 0.5) is 0 Å². The lowest BCUT2D eigenvalue weighted by Crippen LogP contribution is -2.30. The number of nitrogens with one attached hydrogen (secondary N) is 1. The molecule has 0 radical (unpaired) electrons. The number of rotatable bonds is 8. The summed E-state index contributed by atoms with van der Waals surface area (Å²) in [7, 11) is 3.61. The number of thioether (sulfide) groups is 1. The van der Waals surface area contributed by atoms with Crippen molar-refractivity contribution in [2.24, 2.45) is 7.05 Å². The van der Waals surface area contributed by atoms with Crippen molar-refractivity contribution in [3.63, 3.8) is 0 Å². The number of nitrogens with zero attached hydrogens (tertiary/aromatic N) is 3. The largest absolute Gasteiger partial charge is 0.497 e. The van der Waals surface area contributed by atoms with Crippen LogP contribution in [-0.4, -0.2) is 33.5 Å². The molecule has 150 valence electrons. The standard InChI is InChI=1S/C22H24N4O2S/c1-26-21(17-8-9-17)24-25-22(26)29-14-19(27)23-20(15-6-4-3-5-7-15)16-10-12-18(28-2)13-11-16/h3-7,10-13,17,20H,8-9,14H2,1-2H3,(H,23,27)/t20-/m1/s1. The van der Waals surface area contributed by atoms with Crippen molar-refractivity contribution in [3.05, 3.63) is 71.5 Å². The number of aromatic nitrogens is 3. The van der Waals surface area contributed by atoms with E-state index in [0.29, 0.717) is 5.92 Å². The second-order valence-electron chi connectivity index (χ2n) is 7.15. The van der Waals surface area contributed by atoms with Gasteiger partial charge in [0.1, 0.15) is 11.6 Å². The fourth-order valence-corrected chi connectivity index (χ4v) is 4.01. The molecule has 0 bridgehead atoms. The Morgan fingerprint density at radius 3 is 2.48 bits per heavy atom. The molecule has 29 heavy (non-hydrogen) atoms. The molecule has 1 aromatic heterocycles. The van der Waals surface area contributed by atoms with Crippen LogP contribution in [-0.2, 0) is 11.8 Å². The zero-order chi connectivity index (χ0) is 20.2. The van der Waals surface area contributed by atoms with Crippen LogP contribution in [0.25, 0.3) is 0 Å². The van der Waals surface area contributed by atoms with E-state index in [1.807, 2.05) is 66.2 Å². The Bertz CT molecular complexity index is 968. The number of benzene rings is 2. The average molecular weight is 409 g/mol. The fourth-order valence-electron chi connectivity index (χ4n) is 3.28. The number of amides is 1. The lowest BCUT2D eigenvalue weighted by atomic mass is 9.98. The zero-order valence-corrected chi connectivity index (χ0v) is 17.4. The lowest BCUT2D eigenvalue weighted by molar-refractivity contribution is -0.119. The molecule has 4 rings (SSSR count). The first-order valence-electron chi connectivity index (χ1n) is 9.66. The van der Waals surface area contributed by atoms with Gasteiger partial charge in [0.15, 0.2) is 5.16 Å². The second kappa shape index (κ2) is 8.69. The molecular formula is C22H24N4O2S. The Hall–Kier alpha value is -2.80. The summed E-state index contributed by atoms with van der Waals surface area (Å²) in [6.07, 6.45) is 2.36. The highest BCUT2D eigenvalue weighted by molar-refractivity contribution is 7.99. The molecule has 0 aliphatic heterocycles. The molecule has 1 atom stereocenters. The van der Waals surface area contributed by atoms with Gasteiger partial charge in [-0.1, -0.05) is 54.2 Å². The summed E-state index contributed by atoms with van der Waals surface area (Å²) in [6, 6.07) is 17.5. The van der Waals surface area contributed by atoms with Crippen molar-refractivity contribution in [1.29, 1.82) is 0 Å². The van der Waals surface area contributed by atoms with Gasteiger partial charge in [-0.2, -0.15) is 0 Å². The summed E-state index contributed by atoms with van der Waals surface area (Å²) in [5.74, 6) is 2.59. The summed E-state index contributed by atoms with van der Waals surface area (Å²) in [5, 5.41) is 12.5. The molecule has 0 saturated heterocycles. The van der Waals surface area contributed by atoms with E-state index in [-0.39, 0.29) is 17.7 Å². The molecule has 3 aromatic rings. The molecule has 7 heteroatoms. The Kier molecular flexibility index (Phi) is 5.85. The van der Waals surface area contributed by atoms with Gasteiger partial charge in [0.05, 0.1) is 18.9 Å². The van der Waals surface area contributed by atoms with Crippen molar-refractivity contribution in [2.75, 3.05) is 12.9 Å². The fraction of sp³-hybridized carbons (Fsp3) is 0.318. The Morgan fingerprint density at radius 1 is 1.14 bits per heavy atom. The van der Waals surface area contributed by atoms with Crippen molar-refractivity contribution in [2.45, 2.75) is 30.0 Å². The molecule has 1 aliphatic rings. The Labute approximate surface area is 174 Å². The van der Waals surface area contributed by atoms with Gasteiger partial charge in [0, 0.05) is 13.0 Å². The summed E-state index contributed by atoms with van der Waals surface area (Å²) in [6.45, 7) is 0. The molecule has 0 spiro atoms. The quantitative estimate of drug-likeness (QED) is 0.576. The molecule has 1 saturated carbocycles. The second-order valence-corrected chi connectivity index (χ2v) is 8.09. The van der Waals surface area contributed by atoms with Gasteiger partial charge in [-0.25, -0.2) is 0 Å². The molecule has 1 fully saturated rings. The predicted octanol–water partition coefficient (Wildman–Crippen LogP) is 3.70. The number of carbonyl (C=O) groups is 1. The molecule has 1 N–H and O–H groups in total. The first kappa shape index (κ1) is 19.5. The van der Waals surface area contributed by atoms with Gasteiger partial charge < -0.3 is 14.6 Å². The monoisotopic (exact) mass is 408 g/mol. The lowest BCUT2D eigenvalue weighted by Gasteiger charge is -2.20. The number of methoxy groups -OCH3 is 1. The topological polar surface area (TPSA) is 69.0 Å². The Morgan fingerprint density at radius 2 is 1.83 bits per heavy atom. The van der Waals surface area contributed by atoms with E-state index in [1.165, 1.54) is 24.6 Å². The maximum atomic E-state index is 12.7.